The van der Waals surface area contributed by atoms with Crippen LogP contribution in [0.15, 0.2) is 65.9 Å². The van der Waals surface area contributed by atoms with Gasteiger partial charge in [0.05, 0.1) is 31.4 Å². The smallest absolute Gasteiger partial charge is 0.244 e. The fraction of sp³-hybridized carbons (Fsp3) is 0.343. The van der Waals surface area contributed by atoms with Crippen LogP contribution >= 0.6 is 0 Å². The number of ether oxygens (including phenoxy) is 3. The van der Waals surface area contributed by atoms with E-state index in [1.165, 1.54) is 38.0 Å². The van der Waals surface area contributed by atoms with E-state index < -0.39 is 23.4 Å². The molecule has 8 nitrogen and oxygen atoms in total. The SMILES string of the molecule is COc1cc2c(Oc3ccc(CC(=O)N/N=C(\C)c4ccc(F)cc4F)cc3F)ccnc2cc1OCCCN1CCC(C)CC1. The van der Waals surface area contributed by atoms with Gasteiger partial charge >= 0.3 is 0 Å². The van der Waals surface area contributed by atoms with E-state index in [0.717, 1.165) is 44.1 Å². The number of rotatable bonds is 12. The van der Waals surface area contributed by atoms with Gasteiger partial charge in [0.25, 0.3) is 0 Å². The van der Waals surface area contributed by atoms with Crippen LogP contribution in [-0.2, 0) is 11.2 Å². The zero-order chi connectivity index (χ0) is 32.6. The molecule has 1 aliphatic heterocycles. The average Bonchev–Trinajstić information content (AvgIpc) is 3.04. The predicted molar refractivity (Wildman–Crippen MR) is 170 cm³/mol. The molecule has 0 aliphatic carbocycles. The summed E-state index contributed by atoms with van der Waals surface area (Å²) in [6, 6.07) is 12.4. The Labute approximate surface area is 266 Å². The number of halogens is 3. The highest BCUT2D eigenvalue weighted by Crippen LogP contribution is 2.37. The number of likely N-dealkylation sites (tertiary alicyclic amines) is 1. The van der Waals surface area contributed by atoms with Crippen LogP contribution in [0.3, 0.4) is 0 Å². The Morgan fingerprint density at radius 1 is 0.978 bits per heavy atom. The van der Waals surface area contributed by atoms with Crippen LogP contribution in [0.1, 0.15) is 44.2 Å². The van der Waals surface area contributed by atoms with Crippen LogP contribution in [0, 0.1) is 23.4 Å². The second kappa shape index (κ2) is 15.1. The minimum Gasteiger partial charge on any atom is -0.493 e. The highest BCUT2D eigenvalue weighted by atomic mass is 19.1. The van der Waals surface area contributed by atoms with Gasteiger partial charge < -0.3 is 19.1 Å². The Kier molecular flexibility index (Phi) is 10.7. The van der Waals surface area contributed by atoms with Gasteiger partial charge in [-0.2, -0.15) is 5.10 Å². The van der Waals surface area contributed by atoms with Crippen molar-refractivity contribution in [2.45, 2.75) is 39.5 Å². The number of hydrogen-bond acceptors (Lipinski definition) is 7. The lowest BCUT2D eigenvalue weighted by atomic mass is 9.99. The van der Waals surface area contributed by atoms with E-state index in [1.807, 2.05) is 0 Å². The number of aromatic nitrogens is 1. The number of pyridine rings is 1. The van der Waals surface area contributed by atoms with E-state index in [9.17, 15) is 13.6 Å². The molecule has 3 aromatic carbocycles. The number of hydrogen-bond donors (Lipinski definition) is 1. The van der Waals surface area contributed by atoms with Crippen LogP contribution in [-0.4, -0.2) is 54.9 Å². The van der Waals surface area contributed by atoms with Gasteiger partial charge in [0.2, 0.25) is 5.91 Å². The number of nitrogens with one attached hydrogen (secondary N) is 1. The summed E-state index contributed by atoms with van der Waals surface area (Å²) in [4.78, 5) is 19.3. The second-order valence-corrected chi connectivity index (χ2v) is 11.5. The normalized spacial score (nSPS) is 14.3. The molecule has 0 atom stereocenters. The van der Waals surface area contributed by atoms with Crippen molar-refractivity contribution >= 4 is 22.5 Å². The Hall–Kier alpha value is -4.64. The summed E-state index contributed by atoms with van der Waals surface area (Å²) in [6.07, 6.45) is 4.76. The number of fused-ring (bicyclic) bond motifs is 1. The molecule has 1 fully saturated rings. The van der Waals surface area contributed by atoms with Gasteiger partial charge in [-0.1, -0.05) is 13.0 Å². The van der Waals surface area contributed by atoms with E-state index in [-0.39, 0.29) is 23.4 Å². The molecule has 1 amide bonds. The third-order valence-corrected chi connectivity index (χ3v) is 7.99. The highest BCUT2D eigenvalue weighted by Gasteiger charge is 2.17. The van der Waals surface area contributed by atoms with E-state index in [2.05, 4.69) is 27.3 Å². The Morgan fingerprint density at radius 3 is 2.52 bits per heavy atom. The Bertz CT molecular complexity index is 1720. The van der Waals surface area contributed by atoms with Gasteiger partial charge in [0.15, 0.2) is 23.1 Å². The molecule has 0 radical (unpaired) electrons. The molecule has 2 heterocycles. The summed E-state index contributed by atoms with van der Waals surface area (Å²) in [5.74, 6) is -0.503. The lowest BCUT2D eigenvalue weighted by molar-refractivity contribution is -0.120. The van der Waals surface area contributed by atoms with Crippen LogP contribution in [0.2, 0.25) is 0 Å². The summed E-state index contributed by atoms with van der Waals surface area (Å²) in [6.45, 7) is 7.57. The first kappa shape index (κ1) is 32.7. The molecule has 0 saturated carbocycles. The lowest BCUT2D eigenvalue weighted by Gasteiger charge is -2.30. The fourth-order valence-corrected chi connectivity index (χ4v) is 5.32. The minimum atomic E-state index is -0.796. The molecule has 0 unspecified atom stereocenters. The van der Waals surface area contributed by atoms with Crippen molar-refractivity contribution in [3.05, 3.63) is 89.4 Å². The highest BCUT2D eigenvalue weighted by molar-refractivity contribution is 5.99. The quantitative estimate of drug-likeness (QED) is 0.102. The molecule has 1 aromatic heterocycles. The van der Waals surface area contributed by atoms with E-state index in [1.54, 1.807) is 37.6 Å². The minimum absolute atomic E-state index is 0.0382. The van der Waals surface area contributed by atoms with E-state index in [4.69, 9.17) is 14.2 Å². The van der Waals surface area contributed by atoms with Crippen LogP contribution < -0.4 is 19.6 Å². The van der Waals surface area contributed by atoms with Crippen molar-refractivity contribution < 1.29 is 32.2 Å². The predicted octanol–water partition coefficient (Wildman–Crippen LogP) is 7.04. The molecule has 5 rings (SSSR count). The third-order valence-electron chi connectivity index (χ3n) is 7.99. The number of amides is 1. The van der Waals surface area contributed by atoms with Crippen LogP contribution in [0.25, 0.3) is 10.9 Å². The molecule has 0 bridgehead atoms. The Morgan fingerprint density at radius 2 is 1.78 bits per heavy atom. The number of hydrazone groups is 1. The largest absolute Gasteiger partial charge is 0.493 e. The number of carbonyl (C=O) groups excluding carboxylic acids is 1. The van der Waals surface area contributed by atoms with Gasteiger partial charge in [-0.25, -0.2) is 18.6 Å². The lowest BCUT2D eigenvalue weighted by Crippen LogP contribution is -2.34. The molecule has 4 aromatic rings. The van der Waals surface area contributed by atoms with Crippen LogP contribution in [0.4, 0.5) is 13.2 Å². The molecule has 1 saturated heterocycles. The summed E-state index contributed by atoms with van der Waals surface area (Å²) >= 11 is 0. The number of nitrogens with zero attached hydrogens (tertiary/aromatic N) is 3. The molecular weight excluding hydrogens is 597 g/mol. The van der Waals surface area contributed by atoms with E-state index in [0.29, 0.717) is 40.3 Å². The maximum atomic E-state index is 15.1. The van der Waals surface area contributed by atoms with Crippen LogP contribution in [0.5, 0.6) is 23.0 Å². The molecular formula is C35H37F3N4O4. The first-order valence-corrected chi connectivity index (χ1v) is 15.3. The number of benzene rings is 3. The first-order chi connectivity index (χ1) is 22.2. The second-order valence-electron chi connectivity index (χ2n) is 11.5. The first-order valence-electron chi connectivity index (χ1n) is 15.3. The standard InChI is InChI=1S/C35H37F3N4O4/c1-22-10-14-42(15-11-22)13-4-16-45-34-21-30-27(20-33(34)44-3)31(9-12-39-30)46-32-8-5-24(17-29(32)38)18-35(43)41-40-23(2)26-7-6-25(36)19-28(26)37/h5-9,12,17,19-22H,4,10-11,13-16,18H2,1-3H3,(H,41,43)/b40-23+. The van der Waals surface area contributed by atoms with Gasteiger partial charge in [-0.05, 0) is 87.2 Å². The molecule has 0 spiro atoms. The summed E-state index contributed by atoms with van der Waals surface area (Å²) in [7, 11) is 1.56. The van der Waals surface area contributed by atoms with E-state index >= 15 is 4.39 Å². The van der Waals surface area contributed by atoms with Crippen molar-refractivity contribution in [3.8, 4) is 23.0 Å². The molecule has 46 heavy (non-hydrogen) atoms. The molecule has 1 N–H and O–H groups in total. The fourth-order valence-electron chi connectivity index (χ4n) is 5.32. The molecule has 1 aliphatic rings. The maximum absolute atomic E-state index is 15.1. The number of methoxy groups -OCH3 is 1. The molecule has 11 heteroatoms. The number of piperidine rings is 1. The summed E-state index contributed by atoms with van der Waals surface area (Å²) in [5, 5.41) is 4.49. The van der Waals surface area contributed by atoms with Crippen molar-refractivity contribution in [1.82, 2.24) is 15.3 Å². The monoisotopic (exact) mass is 634 g/mol. The number of carbonyl (C=O) groups is 1. The Balaban J connectivity index is 1.21. The maximum Gasteiger partial charge on any atom is 0.244 e. The van der Waals surface area contributed by atoms with Crippen molar-refractivity contribution in [1.29, 1.82) is 0 Å². The summed E-state index contributed by atoms with van der Waals surface area (Å²) < 4.78 is 59.8. The van der Waals surface area contributed by atoms with Gasteiger partial charge in [-0.3, -0.25) is 9.78 Å². The van der Waals surface area contributed by atoms with Crippen molar-refractivity contribution in [2.24, 2.45) is 11.0 Å². The zero-order valence-electron chi connectivity index (χ0n) is 26.1. The van der Waals surface area contributed by atoms with Gasteiger partial charge in [0.1, 0.15) is 17.4 Å². The van der Waals surface area contributed by atoms with Crippen molar-refractivity contribution in [2.75, 3.05) is 33.4 Å². The van der Waals surface area contributed by atoms with Gasteiger partial charge in [-0.15, -0.1) is 0 Å². The van der Waals surface area contributed by atoms with Crippen molar-refractivity contribution in [3.63, 3.8) is 0 Å². The zero-order valence-corrected chi connectivity index (χ0v) is 26.1. The molecule has 242 valence electrons. The average molecular weight is 635 g/mol. The topological polar surface area (TPSA) is 85.3 Å². The third kappa shape index (κ3) is 8.33. The summed E-state index contributed by atoms with van der Waals surface area (Å²) in [5.41, 5.74) is 3.50. The van der Waals surface area contributed by atoms with Gasteiger partial charge in [0, 0.05) is 35.8 Å².